The van der Waals surface area contributed by atoms with E-state index in [-0.39, 0.29) is 42.9 Å². The Bertz CT molecular complexity index is 954. The van der Waals surface area contributed by atoms with Gasteiger partial charge in [-0.25, -0.2) is 0 Å². The molecule has 1 N–H and O–H groups in total. The summed E-state index contributed by atoms with van der Waals surface area (Å²) in [5.74, 6) is -2.02. The smallest absolute Gasteiger partial charge is 0.266 e. The Kier molecular flexibility index (Phi) is 12.6. The summed E-state index contributed by atoms with van der Waals surface area (Å²) in [4.78, 5) is 50.4. The summed E-state index contributed by atoms with van der Waals surface area (Å²) in [6.07, 6.45) is 1.15. The lowest BCUT2D eigenvalue weighted by atomic mass is 10.0. The third-order valence-electron chi connectivity index (χ3n) is 5.75. The Morgan fingerprint density at radius 1 is 0.763 bits per heavy atom. The van der Waals surface area contributed by atoms with Crippen LogP contribution < -0.4 is 10.1 Å². The van der Waals surface area contributed by atoms with Gasteiger partial charge in [0.1, 0.15) is 18.4 Å². The van der Waals surface area contributed by atoms with Crippen LogP contribution in [-0.4, -0.2) is 107 Å². The molecule has 2 heterocycles. The molecule has 0 saturated carbocycles. The van der Waals surface area contributed by atoms with Crippen LogP contribution in [0.25, 0.3) is 0 Å². The largest absolute Gasteiger partial charge is 0.490 e. The lowest BCUT2D eigenvalue weighted by Crippen LogP contribution is -2.54. The second kappa shape index (κ2) is 16.1. The van der Waals surface area contributed by atoms with Crippen LogP contribution in [-0.2, 0) is 33.3 Å². The zero-order valence-electron chi connectivity index (χ0n) is 21.7. The van der Waals surface area contributed by atoms with E-state index in [0.29, 0.717) is 52.9 Å². The van der Waals surface area contributed by atoms with Crippen LogP contribution in [0, 0.1) is 0 Å². The van der Waals surface area contributed by atoms with E-state index >= 15 is 0 Å². The Morgan fingerprint density at radius 3 is 1.87 bits per heavy atom. The number of carbonyl (C=O) groups is 4. The molecule has 1 aromatic rings. The van der Waals surface area contributed by atoms with Crippen LogP contribution in [0.3, 0.4) is 0 Å². The number of imide groups is 2. The molecule has 3 rings (SSSR count). The van der Waals surface area contributed by atoms with Gasteiger partial charge in [0, 0.05) is 13.0 Å². The average Bonchev–Trinajstić information content (AvgIpc) is 3.16. The molecule has 12 nitrogen and oxygen atoms in total. The van der Waals surface area contributed by atoms with Gasteiger partial charge in [0.2, 0.25) is 11.8 Å². The van der Waals surface area contributed by atoms with Crippen molar-refractivity contribution in [3.8, 4) is 5.75 Å². The van der Waals surface area contributed by atoms with Crippen LogP contribution in [0.15, 0.2) is 18.2 Å². The molecule has 210 valence electrons. The fourth-order valence-corrected chi connectivity index (χ4v) is 3.94. The fraction of sp³-hybridized carbons (Fsp3) is 0.615. The molecule has 0 radical (unpaired) electrons. The zero-order chi connectivity index (χ0) is 27.2. The summed E-state index contributed by atoms with van der Waals surface area (Å²) in [5, 5.41) is 2.18. The van der Waals surface area contributed by atoms with Gasteiger partial charge in [-0.05, 0) is 25.0 Å². The summed E-state index contributed by atoms with van der Waals surface area (Å²) in [7, 11) is 0. The van der Waals surface area contributed by atoms with Crippen molar-refractivity contribution in [1.29, 1.82) is 0 Å². The number of ether oxygens (including phenoxy) is 6. The number of hydrogen-bond acceptors (Lipinski definition) is 10. The van der Waals surface area contributed by atoms with Gasteiger partial charge in [-0.15, -0.1) is 0 Å². The minimum Gasteiger partial charge on any atom is -0.490 e. The van der Waals surface area contributed by atoms with E-state index in [1.54, 1.807) is 12.1 Å². The van der Waals surface area contributed by atoms with Crippen molar-refractivity contribution in [3.63, 3.8) is 0 Å². The van der Waals surface area contributed by atoms with Gasteiger partial charge in [0.25, 0.3) is 11.8 Å². The number of nitrogens with one attached hydrogen (secondary N) is 1. The standard InChI is InChI=1S/C26H36N2O10/c1-2-8-33-9-10-34-11-12-35-13-14-36-15-16-37-17-18-38-21-5-3-4-19-23(21)26(32)28(25(19)31)20-6-7-22(29)27-24(20)30/h3-5,20H,2,6-18H2,1H3,(H,27,29,30). The number of hydrogen-bond donors (Lipinski definition) is 1. The summed E-state index contributed by atoms with van der Waals surface area (Å²) < 4.78 is 32.8. The van der Waals surface area contributed by atoms with Gasteiger partial charge < -0.3 is 28.4 Å². The highest BCUT2D eigenvalue weighted by atomic mass is 16.6. The summed E-state index contributed by atoms with van der Waals surface area (Å²) in [6, 6.07) is 3.69. The maximum Gasteiger partial charge on any atom is 0.266 e. The minimum atomic E-state index is -1.02. The third kappa shape index (κ3) is 8.57. The molecule has 38 heavy (non-hydrogen) atoms. The monoisotopic (exact) mass is 536 g/mol. The highest BCUT2D eigenvalue weighted by Gasteiger charge is 2.45. The Balaban J connectivity index is 1.26. The number of benzene rings is 1. The quantitative estimate of drug-likeness (QED) is 0.201. The van der Waals surface area contributed by atoms with E-state index in [1.165, 1.54) is 6.07 Å². The van der Waals surface area contributed by atoms with Crippen molar-refractivity contribution in [2.45, 2.75) is 32.2 Å². The van der Waals surface area contributed by atoms with Crippen LogP contribution in [0.4, 0.5) is 0 Å². The van der Waals surface area contributed by atoms with Crippen molar-refractivity contribution in [3.05, 3.63) is 29.3 Å². The van der Waals surface area contributed by atoms with Crippen molar-refractivity contribution in [1.82, 2.24) is 10.2 Å². The second-order valence-electron chi connectivity index (χ2n) is 8.54. The van der Waals surface area contributed by atoms with E-state index in [9.17, 15) is 19.2 Å². The third-order valence-corrected chi connectivity index (χ3v) is 5.75. The topological polar surface area (TPSA) is 139 Å². The normalized spacial score (nSPS) is 17.2. The lowest BCUT2D eigenvalue weighted by Gasteiger charge is -2.27. The molecule has 1 fully saturated rings. The van der Waals surface area contributed by atoms with Crippen molar-refractivity contribution in [2.24, 2.45) is 0 Å². The molecule has 1 saturated heterocycles. The number of amides is 4. The predicted molar refractivity (Wildman–Crippen MR) is 133 cm³/mol. The number of piperidine rings is 1. The number of carbonyl (C=O) groups excluding carboxylic acids is 4. The van der Waals surface area contributed by atoms with Gasteiger partial charge in [0.05, 0.1) is 70.6 Å². The second-order valence-corrected chi connectivity index (χ2v) is 8.54. The Labute approximate surface area is 221 Å². The zero-order valence-corrected chi connectivity index (χ0v) is 21.7. The Hall–Kier alpha value is -2.90. The van der Waals surface area contributed by atoms with Crippen molar-refractivity contribution < 1.29 is 47.6 Å². The molecule has 0 spiro atoms. The maximum atomic E-state index is 13.0. The predicted octanol–water partition coefficient (Wildman–Crippen LogP) is 0.960. The van der Waals surface area contributed by atoms with Gasteiger partial charge in [0.15, 0.2) is 0 Å². The SMILES string of the molecule is CCCOCCOCCOCCOCCOCCOc1cccc2c1C(=O)N(C1CCC(=O)NC1=O)C2=O. The molecule has 0 bridgehead atoms. The molecule has 1 aromatic carbocycles. The first-order chi connectivity index (χ1) is 18.5. The molecule has 4 amide bonds. The summed E-state index contributed by atoms with van der Waals surface area (Å²) >= 11 is 0. The summed E-state index contributed by atoms with van der Waals surface area (Å²) in [6.45, 7) is 7.02. The number of rotatable bonds is 19. The molecular weight excluding hydrogens is 500 g/mol. The van der Waals surface area contributed by atoms with E-state index < -0.39 is 29.7 Å². The van der Waals surface area contributed by atoms with E-state index in [2.05, 4.69) is 12.2 Å². The molecule has 12 heteroatoms. The van der Waals surface area contributed by atoms with Crippen LogP contribution in [0.1, 0.15) is 46.9 Å². The van der Waals surface area contributed by atoms with Gasteiger partial charge in [-0.2, -0.15) is 0 Å². The van der Waals surface area contributed by atoms with E-state index in [0.717, 1.165) is 17.9 Å². The lowest BCUT2D eigenvalue weighted by molar-refractivity contribution is -0.136. The van der Waals surface area contributed by atoms with E-state index in [1.807, 2.05) is 0 Å². The molecule has 2 aliphatic rings. The molecule has 1 unspecified atom stereocenters. The molecule has 0 aromatic heterocycles. The fourth-order valence-electron chi connectivity index (χ4n) is 3.94. The first kappa shape index (κ1) is 29.7. The van der Waals surface area contributed by atoms with E-state index in [4.69, 9.17) is 28.4 Å². The molecular formula is C26H36N2O10. The van der Waals surface area contributed by atoms with Gasteiger partial charge >= 0.3 is 0 Å². The number of nitrogens with zero attached hydrogens (tertiary/aromatic N) is 1. The molecule has 1 atom stereocenters. The Morgan fingerprint density at radius 2 is 1.32 bits per heavy atom. The van der Waals surface area contributed by atoms with Crippen molar-refractivity contribution >= 4 is 23.6 Å². The minimum absolute atomic E-state index is 0.0612. The van der Waals surface area contributed by atoms with Crippen LogP contribution in [0.2, 0.25) is 0 Å². The highest BCUT2D eigenvalue weighted by molar-refractivity contribution is 6.24. The average molecular weight is 537 g/mol. The first-order valence-corrected chi connectivity index (χ1v) is 12.9. The number of fused-ring (bicyclic) bond motifs is 1. The molecule has 0 aliphatic carbocycles. The van der Waals surface area contributed by atoms with Gasteiger partial charge in [-0.3, -0.25) is 29.4 Å². The van der Waals surface area contributed by atoms with Crippen LogP contribution in [0.5, 0.6) is 5.75 Å². The molecule has 2 aliphatic heterocycles. The van der Waals surface area contributed by atoms with Crippen molar-refractivity contribution in [2.75, 3.05) is 72.7 Å². The van der Waals surface area contributed by atoms with Crippen LogP contribution >= 0.6 is 0 Å². The summed E-state index contributed by atoms with van der Waals surface area (Å²) in [5.41, 5.74) is 0.280. The highest BCUT2D eigenvalue weighted by Crippen LogP contribution is 2.33. The maximum absolute atomic E-state index is 13.0. The first-order valence-electron chi connectivity index (χ1n) is 12.9. The van der Waals surface area contributed by atoms with Gasteiger partial charge in [-0.1, -0.05) is 13.0 Å².